The smallest absolute Gasteiger partial charge is 0.243 e. The van der Waals surface area contributed by atoms with E-state index in [2.05, 4.69) is 4.72 Å². The van der Waals surface area contributed by atoms with E-state index in [1.54, 1.807) is 0 Å². The van der Waals surface area contributed by atoms with Crippen molar-refractivity contribution >= 4 is 10.0 Å². The maximum absolute atomic E-state index is 13.4. The molecule has 1 saturated heterocycles. The molecule has 1 aliphatic rings. The van der Waals surface area contributed by atoms with E-state index in [4.69, 9.17) is 4.74 Å². The molecule has 19 heavy (non-hydrogen) atoms. The number of ether oxygens (including phenoxy) is 1. The van der Waals surface area contributed by atoms with Crippen LogP contribution in [0.4, 0.5) is 4.39 Å². The lowest BCUT2D eigenvalue weighted by Crippen LogP contribution is -2.30. The third kappa shape index (κ3) is 3.99. The van der Waals surface area contributed by atoms with Gasteiger partial charge in [0.05, 0.1) is 6.10 Å². The molecule has 0 bridgehead atoms. The van der Waals surface area contributed by atoms with Gasteiger partial charge in [0.2, 0.25) is 10.0 Å². The molecule has 0 amide bonds. The van der Waals surface area contributed by atoms with Crippen molar-refractivity contribution < 1.29 is 17.5 Å². The van der Waals surface area contributed by atoms with E-state index < -0.39 is 15.8 Å². The van der Waals surface area contributed by atoms with Crippen LogP contribution in [0.15, 0.2) is 29.2 Å². The number of rotatable bonds is 5. The quantitative estimate of drug-likeness (QED) is 0.902. The van der Waals surface area contributed by atoms with Crippen LogP contribution in [0.5, 0.6) is 0 Å². The van der Waals surface area contributed by atoms with Gasteiger partial charge in [-0.05, 0) is 37.8 Å². The van der Waals surface area contributed by atoms with Gasteiger partial charge in [0.15, 0.2) is 0 Å². The van der Waals surface area contributed by atoms with Crippen LogP contribution in [0, 0.1) is 5.82 Å². The van der Waals surface area contributed by atoms with E-state index in [9.17, 15) is 12.8 Å². The average Bonchev–Trinajstić information content (AvgIpc) is 2.40. The Morgan fingerprint density at radius 2 is 2.11 bits per heavy atom. The topological polar surface area (TPSA) is 55.4 Å². The molecule has 1 fully saturated rings. The van der Waals surface area contributed by atoms with Crippen LogP contribution in [0.1, 0.15) is 25.7 Å². The highest BCUT2D eigenvalue weighted by atomic mass is 32.2. The summed E-state index contributed by atoms with van der Waals surface area (Å²) in [6.45, 7) is 1.01. The molecule has 0 spiro atoms. The SMILES string of the molecule is O=S(=O)(NCCC1CCCCO1)c1ccccc1F. The van der Waals surface area contributed by atoms with Crippen molar-refractivity contribution in [2.45, 2.75) is 36.7 Å². The van der Waals surface area contributed by atoms with Crippen LogP contribution in [0.2, 0.25) is 0 Å². The molecule has 0 aromatic heterocycles. The maximum atomic E-state index is 13.4. The van der Waals surface area contributed by atoms with E-state index in [1.807, 2.05) is 0 Å². The van der Waals surface area contributed by atoms with E-state index in [0.717, 1.165) is 31.9 Å². The molecule has 1 aliphatic heterocycles. The third-order valence-electron chi connectivity index (χ3n) is 3.16. The molecule has 1 aromatic carbocycles. The Morgan fingerprint density at radius 1 is 1.32 bits per heavy atom. The number of halogens is 1. The lowest BCUT2D eigenvalue weighted by molar-refractivity contribution is 0.0123. The average molecular weight is 287 g/mol. The van der Waals surface area contributed by atoms with Crippen LogP contribution < -0.4 is 4.72 Å². The minimum Gasteiger partial charge on any atom is -0.378 e. The zero-order valence-electron chi connectivity index (χ0n) is 10.6. The zero-order valence-corrected chi connectivity index (χ0v) is 11.5. The first kappa shape index (κ1) is 14.4. The largest absolute Gasteiger partial charge is 0.378 e. The summed E-state index contributed by atoms with van der Waals surface area (Å²) in [4.78, 5) is -0.306. The Bertz CT molecular complexity index is 512. The maximum Gasteiger partial charge on any atom is 0.243 e. The molecule has 0 radical (unpaired) electrons. The van der Waals surface area contributed by atoms with Gasteiger partial charge < -0.3 is 4.74 Å². The van der Waals surface area contributed by atoms with E-state index in [-0.39, 0.29) is 17.5 Å². The summed E-state index contributed by atoms with van der Waals surface area (Å²) in [6.07, 6.45) is 3.87. The predicted molar refractivity (Wildman–Crippen MR) is 69.8 cm³/mol. The monoisotopic (exact) mass is 287 g/mol. The Morgan fingerprint density at radius 3 is 2.79 bits per heavy atom. The summed E-state index contributed by atoms with van der Waals surface area (Å²) < 4.78 is 45.2. The molecule has 2 rings (SSSR count). The Balaban J connectivity index is 1.89. The van der Waals surface area contributed by atoms with Crippen LogP contribution in [-0.2, 0) is 14.8 Å². The normalized spacial score (nSPS) is 20.4. The molecule has 1 N–H and O–H groups in total. The van der Waals surface area contributed by atoms with Crippen LogP contribution in [0.25, 0.3) is 0 Å². The predicted octanol–water partition coefficient (Wildman–Crippen LogP) is 2.06. The van der Waals surface area contributed by atoms with Gasteiger partial charge in [0, 0.05) is 13.2 Å². The number of nitrogens with one attached hydrogen (secondary N) is 1. The van der Waals surface area contributed by atoms with Crippen molar-refractivity contribution in [3.63, 3.8) is 0 Å². The van der Waals surface area contributed by atoms with E-state index in [1.165, 1.54) is 18.2 Å². The second-order valence-corrected chi connectivity index (χ2v) is 6.34. The van der Waals surface area contributed by atoms with Gasteiger partial charge in [0.25, 0.3) is 0 Å². The highest BCUT2D eigenvalue weighted by Gasteiger charge is 2.19. The van der Waals surface area contributed by atoms with Gasteiger partial charge in [-0.1, -0.05) is 12.1 Å². The Hall–Kier alpha value is -0.980. The van der Waals surface area contributed by atoms with Crippen molar-refractivity contribution in [1.82, 2.24) is 4.72 Å². The van der Waals surface area contributed by atoms with Crippen molar-refractivity contribution in [3.05, 3.63) is 30.1 Å². The lowest BCUT2D eigenvalue weighted by atomic mass is 10.1. The number of hydrogen-bond acceptors (Lipinski definition) is 3. The van der Waals surface area contributed by atoms with Gasteiger partial charge in [-0.15, -0.1) is 0 Å². The molecule has 0 aliphatic carbocycles. The second-order valence-electron chi connectivity index (χ2n) is 4.61. The highest BCUT2D eigenvalue weighted by molar-refractivity contribution is 7.89. The molecular formula is C13H18FNO3S. The van der Waals surface area contributed by atoms with Crippen molar-refractivity contribution in [1.29, 1.82) is 0 Å². The first-order valence-corrected chi connectivity index (χ1v) is 7.94. The highest BCUT2D eigenvalue weighted by Crippen LogP contribution is 2.16. The summed E-state index contributed by atoms with van der Waals surface area (Å²) in [5.74, 6) is -0.732. The van der Waals surface area contributed by atoms with Crippen molar-refractivity contribution in [2.75, 3.05) is 13.2 Å². The first-order valence-electron chi connectivity index (χ1n) is 6.45. The summed E-state index contributed by atoms with van der Waals surface area (Å²) in [5, 5.41) is 0. The standard InChI is InChI=1S/C13H18FNO3S/c14-12-6-1-2-7-13(12)19(16,17)15-9-8-11-5-3-4-10-18-11/h1-2,6-7,11,15H,3-5,8-10H2. The second kappa shape index (κ2) is 6.45. The summed E-state index contributed by atoms with van der Waals surface area (Å²) in [6, 6.07) is 5.36. The van der Waals surface area contributed by atoms with Gasteiger partial charge in [-0.3, -0.25) is 0 Å². The Kier molecular flexibility index (Phi) is 4.90. The van der Waals surface area contributed by atoms with Crippen LogP contribution in [-0.4, -0.2) is 27.7 Å². The first-order chi connectivity index (χ1) is 9.09. The molecule has 1 heterocycles. The van der Waals surface area contributed by atoms with Crippen LogP contribution in [0.3, 0.4) is 0 Å². The van der Waals surface area contributed by atoms with E-state index >= 15 is 0 Å². The van der Waals surface area contributed by atoms with Crippen molar-refractivity contribution in [2.24, 2.45) is 0 Å². The molecule has 4 nitrogen and oxygen atoms in total. The molecular weight excluding hydrogens is 269 g/mol. The van der Waals surface area contributed by atoms with Gasteiger partial charge in [-0.2, -0.15) is 0 Å². The Labute approximate surface area is 113 Å². The zero-order chi connectivity index (χ0) is 13.7. The fourth-order valence-corrected chi connectivity index (χ4v) is 3.25. The molecule has 0 saturated carbocycles. The van der Waals surface area contributed by atoms with Gasteiger partial charge in [0.1, 0.15) is 10.7 Å². The fraction of sp³-hybridized carbons (Fsp3) is 0.538. The van der Waals surface area contributed by atoms with Crippen LogP contribution >= 0.6 is 0 Å². The molecule has 6 heteroatoms. The lowest BCUT2D eigenvalue weighted by Gasteiger charge is -2.22. The van der Waals surface area contributed by atoms with Gasteiger partial charge >= 0.3 is 0 Å². The fourth-order valence-electron chi connectivity index (χ4n) is 2.13. The summed E-state index contributed by atoms with van der Waals surface area (Å²) in [7, 11) is -3.77. The minimum absolute atomic E-state index is 0.108. The molecule has 1 aromatic rings. The number of hydrogen-bond donors (Lipinski definition) is 1. The summed E-state index contributed by atoms with van der Waals surface area (Å²) in [5.41, 5.74) is 0. The third-order valence-corrected chi connectivity index (χ3v) is 4.65. The molecule has 1 unspecified atom stereocenters. The molecule has 1 atom stereocenters. The minimum atomic E-state index is -3.77. The molecule has 106 valence electrons. The number of benzene rings is 1. The number of sulfonamides is 1. The van der Waals surface area contributed by atoms with Crippen molar-refractivity contribution in [3.8, 4) is 0 Å². The summed E-state index contributed by atoms with van der Waals surface area (Å²) >= 11 is 0. The van der Waals surface area contributed by atoms with E-state index in [0.29, 0.717) is 6.42 Å². The van der Waals surface area contributed by atoms with Gasteiger partial charge in [-0.25, -0.2) is 17.5 Å².